The highest BCUT2D eigenvalue weighted by Crippen LogP contribution is 2.43. The van der Waals surface area contributed by atoms with E-state index in [0.717, 1.165) is 11.7 Å². The van der Waals surface area contributed by atoms with Crippen molar-refractivity contribution in [1.29, 1.82) is 0 Å². The van der Waals surface area contributed by atoms with Crippen molar-refractivity contribution in [2.45, 2.75) is 27.0 Å². The maximum atomic E-state index is 12.8. The zero-order valence-corrected chi connectivity index (χ0v) is 22.9. The summed E-state index contributed by atoms with van der Waals surface area (Å²) >= 11 is 1.46. The first-order chi connectivity index (χ1) is 17.3. The third-order valence-corrected chi connectivity index (χ3v) is 9.44. The Balaban J connectivity index is 1.59. The number of rotatable bonds is 9. The van der Waals surface area contributed by atoms with Crippen molar-refractivity contribution in [2.75, 3.05) is 31.6 Å². The molecule has 4 rings (SSSR count). The zero-order chi connectivity index (χ0) is 25.7. The van der Waals surface area contributed by atoms with Crippen molar-refractivity contribution in [3.63, 3.8) is 0 Å². The van der Waals surface area contributed by atoms with Crippen molar-refractivity contribution in [3.8, 4) is 0 Å². The molecular formula is C26H31N6O2SSi. The molecule has 0 saturated carbocycles. The minimum Gasteiger partial charge on any atom is -0.387 e. The summed E-state index contributed by atoms with van der Waals surface area (Å²) in [5.41, 5.74) is 8.92. The Bertz CT molecular complexity index is 1170. The number of anilines is 1. The summed E-state index contributed by atoms with van der Waals surface area (Å²) in [5, 5.41) is 8.49. The second-order valence-electron chi connectivity index (χ2n) is 9.89. The van der Waals surface area contributed by atoms with Crippen LogP contribution in [-0.2, 0) is 4.43 Å². The van der Waals surface area contributed by atoms with Crippen LogP contribution < -0.4 is 15.3 Å². The van der Waals surface area contributed by atoms with Gasteiger partial charge in [-0.1, -0.05) is 86.5 Å². The lowest BCUT2D eigenvalue weighted by atomic mass is 9.74. The molecule has 1 amide bonds. The molecule has 0 spiro atoms. The number of carbonyl (C=O) groups excluding carboxylic acids is 1. The molecule has 1 saturated heterocycles. The van der Waals surface area contributed by atoms with E-state index < -0.39 is 9.04 Å². The highest BCUT2D eigenvalue weighted by Gasteiger charge is 2.48. The first-order valence-electron chi connectivity index (χ1n) is 11.9. The van der Waals surface area contributed by atoms with Gasteiger partial charge in [-0.05, 0) is 21.3 Å². The maximum absolute atomic E-state index is 12.8. The van der Waals surface area contributed by atoms with Gasteiger partial charge in [0.2, 0.25) is 0 Å². The Morgan fingerprint density at radius 1 is 1.19 bits per heavy atom. The maximum Gasteiger partial charge on any atom is 0.285 e. The molecule has 2 unspecified atom stereocenters. The fraction of sp³-hybridized carbons (Fsp3) is 0.385. The first-order valence-corrected chi connectivity index (χ1v) is 14.2. The van der Waals surface area contributed by atoms with Crippen molar-refractivity contribution in [3.05, 3.63) is 82.2 Å². The largest absolute Gasteiger partial charge is 0.387 e. The van der Waals surface area contributed by atoms with E-state index in [2.05, 4.69) is 89.2 Å². The Hall–Kier alpha value is -3.17. The Morgan fingerprint density at radius 3 is 2.36 bits per heavy atom. The van der Waals surface area contributed by atoms with Gasteiger partial charge in [-0.25, -0.2) is 4.98 Å². The van der Waals surface area contributed by atoms with E-state index >= 15 is 0 Å². The Kier molecular flexibility index (Phi) is 8.10. The summed E-state index contributed by atoms with van der Waals surface area (Å²) in [4.78, 5) is 24.0. The van der Waals surface area contributed by atoms with Crippen LogP contribution in [0.25, 0.3) is 10.4 Å². The molecule has 2 heterocycles. The number of benzene rings is 2. The fourth-order valence-corrected chi connectivity index (χ4v) is 7.12. The lowest BCUT2D eigenvalue weighted by Gasteiger charge is -2.53. The van der Waals surface area contributed by atoms with Gasteiger partial charge >= 0.3 is 0 Å². The number of amides is 1. The number of aromatic nitrogens is 1. The minimum atomic E-state index is -1.51. The number of azide groups is 1. The van der Waals surface area contributed by atoms with Gasteiger partial charge in [-0.3, -0.25) is 4.79 Å². The normalized spacial score (nSPS) is 17.4. The van der Waals surface area contributed by atoms with Crippen molar-refractivity contribution < 1.29 is 9.22 Å². The average Bonchev–Trinajstić information content (AvgIpc) is 3.33. The van der Waals surface area contributed by atoms with Crippen LogP contribution in [0.15, 0.2) is 71.2 Å². The number of thiazole rings is 1. The summed E-state index contributed by atoms with van der Waals surface area (Å²) in [5.74, 6) is 0.133. The summed E-state index contributed by atoms with van der Waals surface area (Å²) in [6, 6.07) is 20.9. The smallest absolute Gasteiger partial charge is 0.285 e. The van der Waals surface area contributed by atoms with Crippen LogP contribution in [0.5, 0.6) is 0 Å². The van der Waals surface area contributed by atoms with E-state index in [1.54, 1.807) is 12.4 Å². The van der Waals surface area contributed by atoms with Crippen LogP contribution in [0.4, 0.5) is 5.13 Å². The standard InChI is InChI=1S/C26H31N6O2SSi/c1-26(2,3)21-17-32(25-29-22(18-35-25)23(33)31(4)16-15-28-30-27)24(21)34-36(19-11-7-5-8-12-19)20-13-9-6-10-14-20/h5-14,18,21,24H,15-17H2,1-4H3. The highest BCUT2D eigenvalue weighted by atomic mass is 32.1. The van der Waals surface area contributed by atoms with E-state index in [1.807, 2.05) is 12.1 Å². The highest BCUT2D eigenvalue weighted by molar-refractivity contribution is 7.14. The lowest BCUT2D eigenvalue weighted by molar-refractivity contribution is 0.00493. The van der Waals surface area contributed by atoms with E-state index in [4.69, 9.17) is 9.96 Å². The van der Waals surface area contributed by atoms with Crippen LogP contribution in [0.1, 0.15) is 31.3 Å². The van der Waals surface area contributed by atoms with E-state index in [9.17, 15) is 4.79 Å². The van der Waals surface area contributed by atoms with Gasteiger partial charge in [0.05, 0.1) is 0 Å². The summed E-state index contributed by atoms with van der Waals surface area (Å²) < 4.78 is 7.00. The van der Waals surface area contributed by atoms with Crippen molar-refractivity contribution >= 4 is 41.8 Å². The molecule has 1 fully saturated rings. The predicted molar refractivity (Wildman–Crippen MR) is 146 cm³/mol. The van der Waals surface area contributed by atoms with Gasteiger partial charge in [0.25, 0.3) is 14.9 Å². The third-order valence-electron chi connectivity index (χ3n) is 6.37. The molecular weight excluding hydrogens is 488 g/mol. The van der Waals surface area contributed by atoms with Crippen molar-refractivity contribution in [1.82, 2.24) is 9.88 Å². The number of carbonyl (C=O) groups is 1. The topological polar surface area (TPSA) is 94.4 Å². The molecule has 1 aliphatic rings. The molecule has 0 aliphatic carbocycles. The molecule has 1 radical (unpaired) electrons. The second kappa shape index (κ2) is 11.3. The SMILES string of the molecule is CN(CCN=[N+]=[N-])C(=O)c1csc(N2CC(C(C)(C)C)C2O[Si](c2ccccc2)c2ccccc2)n1. The van der Waals surface area contributed by atoms with Gasteiger partial charge in [-0.15, -0.1) is 11.3 Å². The Labute approximate surface area is 217 Å². The summed E-state index contributed by atoms with van der Waals surface area (Å²) in [7, 11) is 0.182. The van der Waals surface area contributed by atoms with Crippen LogP contribution >= 0.6 is 11.3 Å². The minimum absolute atomic E-state index is 0.0545. The number of nitrogens with zero attached hydrogens (tertiary/aromatic N) is 6. The first kappa shape index (κ1) is 25.9. The van der Waals surface area contributed by atoms with Gasteiger partial charge in [0, 0.05) is 42.9 Å². The van der Waals surface area contributed by atoms with Gasteiger partial charge in [-0.2, -0.15) is 0 Å². The monoisotopic (exact) mass is 519 g/mol. The van der Waals surface area contributed by atoms with Crippen LogP contribution in [0.2, 0.25) is 0 Å². The van der Waals surface area contributed by atoms with Gasteiger partial charge in [0.1, 0.15) is 11.9 Å². The quantitative estimate of drug-likeness (QED) is 0.184. The lowest BCUT2D eigenvalue weighted by Crippen LogP contribution is -2.65. The second-order valence-corrected chi connectivity index (χ2v) is 12.8. The third kappa shape index (κ3) is 5.79. The molecule has 2 atom stereocenters. The molecule has 3 aromatic rings. The van der Waals surface area contributed by atoms with Gasteiger partial charge < -0.3 is 14.2 Å². The van der Waals surface area contributed by atoms with Crippen molar-refractivity contribution in [2.24, 2.45) is 16.4 Å². The molecule has 10 heteroatoms. The van der Waals surface area contributed by atoms with Gasteiger partial charge in [0.15, 0.2) is 5.13 Å². The zero-order valence-electron chi connectivity index (χ0n) is 21.0. The predicted octanol–water partition coefficient (Wildman–Crippen LogP) is 4.16. The summed E-state index contributed by atoms with van der Waals surface area (Å²) in [6.45, 7) is 8.14. The molecule has 1 aromatic heterocycles. The molecule has 2 aromatic carbocycles. The van der Waals surface area contributed by atoms with Crippen LogP contribution in [-0.4, -0.2) is 57.7 Å². The average molecular weight is 520 g/mol. The van der Waals surface area contributed by atoms with E-state index in [-0.39, 0.29) is 24.1 Å². The molecule has 187 valence electrons. The molecule has 0 bridgehead atoms. The fourth-order valence-electron chi connectivity index (χ4n) is 4.15. The Morgan fingerprint density at radius 2 is 1.81 bits per heavy atom. The molecule has 0 N–H and O–H groups in total. The summed E-state index contributed by atoms with van der Waals surface area (Å²) in [6.07, 6.45) is -0.143. The van der Waals surface area contributed by atoms with E-state index in [0.29, 0.717) is 18.2 Å². The molecule has 1 aliphatic heterocycles. The van der Waals surface area contributed by atoms with E-state index in [1.165, 1.54) is 26.6 Å². The number of hydrogen-bond donors (Lipinski definition) is 0. The number of likely N-dealkylation sites (N-methyl/N-ethyl adjacent to an activating group) is 1. The van der Waals surface area contributed by atoms with Crippen LogP contribution in [0, 0.1) is 11.3 Å². The number of hydrogen-bond acceptors (Lipinski definition) is 6. The van der Waals surface area contributed by atoms with Crippen LogP contribution in [0.3, 0.4) is 0 Å². The molecule has 8 nitrogen and oxygen atoms in total. The molecule has 36 heavy (non-hydrogen) atoms.